The first-order valence-electron chi connectivity index (χ1n) is 7.36. The second kappa shape index (κ2) is 7.63. The summed E-state index contributed by atoms with van der Waals surface area (Å²) in [4.78, 5) is 26.3. The van der Waals surface area contributed by atoms with Gasteiger partial charge in [-0.15, -0.1) is 0 Å². The molecule has 1 fully saturated rings. The molecule has 1 aliphatic rings. The van der Waals surface area contributed by atoms with E-state index in [2.05, 4.69) is 15.9 Å². The number of amides is 1. The minimum absolute atomic E-state index is 0.118. The fourth-order valence-corrected chi connectivity index (χ4v) is 2.99. The SMILES string of the molecule is CCOC(=O)C1CCCN(C(=O)c2cc(Br)ccc2OC)C1. The second-order valence-corrected chi connectivity index (χ2v) is 6.10. The molecule has 1 heterocycles. The average molecular weight is 370 g/mol. The molecule has 22 heavy (non-hydrogen) atoms. The van der Waals surface area contributed by atoms with Crippen LogP contribution in [0.4, 0.5) is 0 Å². The first kappa shape index (κ1) is 16.8. The number of piperidine rings is 1. The molecule has 0 spiro atoms. The Kier molecular flexibility index (Phi) is 5.83. The fraction of sp³-hybridized carbons (Fsp3) is 0.500. The Morgan fingerprint density at radius 2 is 2.18 bits per heavy atom. The van der Waals surface area contributed by atoms with Crippen LogP contribution < -0.4 is 4.74 Å². The first-order chi connectivity index (χ1) is 10.6. The van der Waals surface area contributed by atoms with Gasteiger partial charge in [0, 0.05) is 17.6 Å². The molecule has 0 radical (unpaired) electrons. The van der Waals surface area contributed by atoms with Crippen LogP contribution in [0.2, 0.25) is 0 Å². The summed E-state index contributed by atoms with van der Waals surface area (Å²) in [5, 5.41) is 0. The molecule has 0 aromatic heterocycles. The van der Waals surface area contributed by atoms with Crippen molar-refractivity contribution in [2.45, 2.75) is 19.8 Å². The monoisotopic (exact) mass is 369 g/mol. The number of carbonyl (C=O) groups excluding carboxylic acids is 2. The number of esters is 1. The highest BCUT2D eigenvalue weighted by molar-refractivity contribution is 9.10. The van der Waals surface area contributed by atoms with Crippen LogP contribution in [0.15, 0.2) is 22.7 Å². The van der Waals surface area contributed by atoms with Gasteiger partial charge in [-0.25, -0.2) is 0 Å². The molecule has 6 heteroatoms. The Bertz CT molecular complexity index is 561. The van der Waals surface area contributed by atoms with Crippen LogP contribution in [0.25, 0.3) is 0 Å². The van der Waals surface area contributed by atoms with Gasteiger partial charge in [-0.3, -0.25) is 9.59 Å². The molecule has 2 rings (SSSR count). The quantitative estimate of drug-likeness (QED) is 0.765. The van der Waals surface area contributed by atoms with Gasteiger partial charge in [0.2, 0.25) is 0 Å². The molecule has 0 bridgehead atoms. The van der Waals surface area contributed by atoms with E-state index in [0.29, 0.717) is 31.0 Å². The first-order valence-corrected chi connectivity index (χ1v) is 8.15. The van der Waals surface area contributed by atoms with Crippen molar-refractivity contribution in [1.82, 2.24) is 4.90 Å². The van der Waals surface area contributed by atoms with Crippen molar-refractivity contribution in [1.29, 1.82) is 0 Å². The van der Waals surface area contributed by atoms with Gasteiger partial charge in [0.25, 0.3) is 5.91 Å². The summed E-state index contributed by atoms with van der Waals surface area (Å²) >= 11 is 3.37. The highest BCUT2D eigenvalue weighted by Crippen LogP contribution is 2.26. The topological polar surface area (TPSA) is 55.8 Å². The van der Waals surface area contributed by atoms with Gasteiger partial charge in [-0.1, -0.05) is 15.9 Å². The molecule has 0 saturated carbocycles. The maximum atomic E-state index is 12.7. The Morgan fingerprint density at radius 3 is 2.86 bits per heavy atom. The van der Waals surface area contributed by atoms with Gasteiger partial charge < -0.3 is 14.4 Å². The standard InChI is InChI=1S/C16H20BrNO4/c1-3-22-16(20)11-5-4-8-18(10-11)15(19)13-9-12(17)6-7-14(13)21-2/h6-7,9,11H,3-5,8,10H2,1-2H3. The number of rotatable bonds is 4. The number of hydrogen-bond donors (Lipinski definition) is 0. The van der Waals surface area contributed by atoms with Crippen molar-refractivity contribution in [2.24, 2.45) is 5.92 Å². The molecule has 0 N–H and O–H groups in total. The normalized spacial score (nSPS) is 18.0. The van der Waals surface area contributed by atoms with Gasteiger partial charge >= 0.3 is 5.97 Å². The minimum atomic E-state index is -0.240. The lowest BCUT2D eigenvalue weighted by atomic mass is 9.97. The second-order valence-electron chi connectivity index (χ2n) is 5.19. The average Bonchev–Trinajstić information content (AvgIpc) is 2.54. The van der Waals surface area contributed by atoms with Crippen LogP contribution in [0.3, 0.4) is 0 Å². The van der Waals surface area contributed by atoms with Gasteiger partial charge in [0.15, 0.2) is 0 Å². The summed E-state index contributed by atoms with van der Waals surface area (Å²) in [6, 6.07) is 5.33. The number of ether oxygens (including phenoxy) is 2. The zero-order valence-electron chi connectivity index (χ0n) is 12.8. The van der Waals surface area contributed by atoms with Gasteiger partial charge in [-0.05, 0) is 38.0 Å². The highest BCUT2D eigenvalue weighted by atomic mass is 79.9. The van der Waals surface area contributed by atoms with Gasteiger partial charge in [0.1, 0.15) is 5.75 Å². The molecule has 1 unspecified atom stereocenters. The van der Waals surface area contributed by atoms with Crippen LogP contribution in [0, 0.1) is 5.92 Å². The molecule has 120 valence electrons. The third kappa shape index (κ3) is 3.80. The van der Waals surface area contributed by atoms with Crippen molar-refractivity contribution in [2.75, 3.05) is 26.8 Å². The van der Waals surface area contributed by atoms with Crippen LogP contribution in [-0.4, -0.2) is 43.6 Å². The van der Waals surface area contributed by atoms with Crippen molar-refractivity contribution < 1.29 is 19.1 Å². The number of nitrogens with zero attached hydrogens (tertiary/aromatic N) is 1. The van der Waals surface area contributed by atoms with Crippen molar-refractivity contribution in [3.8, 4) is 5.75 Å². The Morgan fingerprint density at radius 1 is 1.41 bits per heavy atom. The molecule has 1 aromatic carbocycles. The molecule has 5 nitrogen and oxygen atoms in total. The Hall–Kier alpha value is -1.56. The number of carbonyl (C=O) groups is 2. The van der Waals surface area contributed by atoms with E-state index >= 15 is 0 Å². The lowest BCUT2D eigenvalue weighted by molar-refractivity contribution is -0.149. The molecular weight excluding hydrogens is 350 g/mol. The third-order valence-corrected chi connectivity index (χ3v) is 4.21. The number of hydrogen-bond acceptors (Lipinski definition) is 4. The molecule has 1 aromatic rings. The van der Waals surface area contributed by atoms with Crippen LogP contribution in [0.1, 0.15) is 30.1 Å². The molecular formula is C16H20BrNO4. The van der Waals surface area contributed by atoms with Gasteiger partial charge in [-0.2, -0.15) is 0 Å². The van der Waals surface area contributed by atoms with E-state index in [1.54, 1.807) is 24.0 Å². The molecule has 1 amide bonds. The number of halogens is 1. The largest absolute Gasteiger partial charge is 0.496 e. The molecule has 0 aliphatic carbocycles. The Labute approximate surface area is 138 Å². The Balaban J connectivity index is 2.15. The lowest BCUT2D eigenvalue weighted by Gasteiger charge is -2.31. The van der Waals surface area contributed by atoms with Crippen molar-refractivity contribution in [3.63, 3.8) is 0 Å². The van der Waals surface area contributed by atoms with E-state index in [1.807, 2.05) is 6.07 Å². The van der Waals surface area contributed by atoms with Crippen LogP contribution >= 0.6 is 15.9 Å². The lowest BCUT2D eigenvalue weighted by Crippen LogP contribution is -2.42. The minimum Gasteiger partial charge on any atom is -0.496 e. The molecule has 1 atom stereocenters. The zero-order valence-corrected chi connectivity index (χ0v) is 14.4. The number of likely N-dealkylation sites (tertiary alicyclic amines) is 1. The number of benzene rings is 1. The summed E-state index contributed by atoms with van der Waals surface area (Å²) in [5.74, 6) is -0.0457. The summed E-state index contributed by atoms with van der Waals surface area (Å²) in [5.41, 5.74) is 0.501. The summed E-state index contributed by atoms with van der Waals surface area (Å²) < 4.78 is 11.2. The number of methoxy groups -OCH3 is 1. The summed E-state index contributed by atoms with van der Waals surface area (Å²) in [6.07, 6.45) is 1.56. The fourth-order valence-electron chi connectivity index (χ4n) is 2.63. The van der Waals surface area contributed by atoms with E-state index in [4.69, 9.17) is 9.47 Å². The van der Waals surface area contributed by atoms with Crippen molar-refractivity contribution in [3.05, 3.63) is 28.2 Å². The van der Waals surface area contributed by atoms with E-state index < -0.39 is 0 Å². The van der Waals surface area contributed by atoms with E-state index in [9.17, 15) is 9.59 Å². The summed E-state index contributed by atoms with van der Waals surface area (Å²) in [6.45, 7) is 3.19. The van der Waals surface area contributed by atoms with Gasteiger partial charge in [0.05, 0.1) is 25.2 Å². The summed E-state index contributed by atoms with van der Waals surface area (Å²) in [7, 11) is 1.54. The van der Waals surface area contributed by atoms with E-state index in [-0.39, 0.29) is 17.8 Å². The maximum Gasteiger partial charge on any atom is 0.310 e. The predicted molar refractivity (Wildman–Crippen MR) is 86.0 cm³/mol. The third-order valence-electron chi connectivity index (χ3n) is 3.72. The maximum absolute atomic E-state index is 12.7. The van der Waals surface area contributed by atoms with Crippen LogP contribution in [-0.2, 0) is 9.53 Å². The highest BCUT2D eigenvalue weighted by Gasteiger charge is 2.30. The predicted octanol–water partition coefficient (Wildman–Crippen LogP) is 2.87. The van der Waals surface area contributed by atoms with E-state index in [0.717, 1.165) is 17.3 Å². The van der Waals surface area contributed by atoms with E-state index in [1.165, 1.54) is 7.11 Å². The molecule has 1 saturated heterocycles. The molecule has 1 aliphatic heterocycles. The van der Waals surface area contributed by atoms with Crippen molar-refractivity contribution >= 4 is 27.8 Å². The smallest absolute Gasteiger partial charge is 0.310 e. The zero-order chi connectivity index (χ0) is 16.1. The van der Waals surface area contributed by atoms with Crippen LogP contribution in [0.5, 0.6) is 5.75 Å².